The summed E-state index contributed by atoms with van der Waals surface area (Å²) < 4.78 is 75.3. The van der Waals surface area contributed by atoms with Gasteiger partial charge in [0.2, 0.25) is 0 Å². The maximum atomic E-state index is 14.5. The molecule has 0 N–H and O–H groups in total. The van der Waals surface area contributed by atoms with E-state index >= 15 is 0 Å². The largest absolute Gasteiger partial charge is 0.429 e. The Morgan fingerprint density at radius 3 is 1.91 bits per heavy atom. The zero-order valence-corrected chi connectivity index (χ0v) is 17.3. The van der Waals surface area contributed by atoms with Crippen LogP contribution in [0.3, 0.4) is 0 Å². The summed E-state index contributed by atoms with van der Waals surface area (Å²) in [5, 5.41) is 8.71. The average molecular weight is 445 g/mol. The molecule has 3 aromatic carbocycles. The van der Waals surface area contributed by atoms with Gasteiger partial charge in [-0.05, 0) is 72.4 Å². The lowest BCUT2D eigenvalue weighted by molar-refractivity contribution is -0.187. The molecule has 166 valence electrons. The molecular formula is C25H20F5NO. The van der Waals surface area contributed by atoms with Crippen LogP contribution in [0.15, 0.2) is 54.6 Å². The third-order valence-electron chi connectivity index (χ3n) is 4.97. The minimum absolute atomic E-state index is 0.147. The molecular weight excluding hydrogens is 425 g/mol. The highest BCUT2D eigenvalue weighted by Crippen LogP contribution is 2.33. The number of halogens is 5. The number of aryl methyl sites for hydroxylation is 3. The summed E-state index contributed by atoms with van der Waals surface area (Å²) in [5.41, 5.74) is 0.253. The van der Waals surface area contributed by atoms with Gasteiger partial charge in [-0.2, -0.15) is 14.0 Å². The fraction of sp³-hybridized carbons (Fsp3) is 0.240. The van der Waals surface area contributed by atoms with Gasteiger partial charge in [-0.25, -0.2) is 13.2 Å². The maximum absolute atomic E-state index is 14.5. The van der Waals surface area contributed by atoms with E-state index in [4.69, 9.17) is 10.00 Å². The predicted octanol–water partition coefficient (Wildman–Crippen LogP) is 6.84. The first-order valence-corrected chi connectivity index (χ1v) is 10.1. The molecule has 0 aliphatic carbocycles. The van der Waals surface area contributed by atoms with E-state index in [0.717, 1.165) is 36.2 Å². The Bertz CT molecular complexity index is 1110. The Morgan fingerprint density at radius 1 is 0.781 bits per heavy atom. The van der Waals surface area contributed by atoms with Crippen molar-refractivity contribution in [3.63, 3.8) is 0 Å². The molecule has 0 saturated carbocycles. The molecule has 0 fully saturated rings. The van der Waals surface area contributed by atoms with Crippen LogP contribution in [0, 0.1) is 28.8 Å². The second-order valence-corrected chi connectivity index (χ2v) is 7.37. The summed E-state index contributed by atoms with van der Waals surface area (Å²) in [4.78, 5) is 0. The van der Waals surface area contributed by atoms with Crippen molar-refractivity contribution in [3.05, 3.63) is 99.9 Å². The van der Waals surface area contributed by atoms with E-state index in [1.54, 1.807) is 12.1 Å². The van der Waals surface area contributed by atoms with Crippen LogP contribution >= 0.6 is 0 Å². The van der Waals surface area contributed by atoms with Crippen LogP contribution in [0.1, 0.15) is 41.2 Å². The number of alkyl halides is 2. The normalized spacial score (nSPS) is 11.3. The van der Waals surface area contributed by atoms with Gasteiger partial charge in [0.15, 0.2) is 0 Å². The van der Waals surface area contributed by atoms with E-state index < -0.39 is 34.7 Å². The monoisotopic (exact) mass is 445 g/mol. The van der Waals surface area contributed by atoms with Crippen LogP contribution in [0.25, 0.3) is 0 Å². The van der Waals surface area contributed by atoms with Crippen molar-refractivity contribution in [3.8, 4) is 11.8 Å². The second-order valence-electron chi connectivity index (χ2n) is 7.37. The number of hydrogen-bond acceptors (Lipinski definition) is 2. The first-order chi connectivity index (χ1) is 15.2. The van der Waals surface area contributed by atoms with Crippen molar-refractivity contribution in [1.82, 2.24) is 0 Å². The summed E-state index contributed by atoms with van der Waals surface area (Å²) in [6.45, 7) is 1.91. The molecule has 2 nitrogen and oxygen atoms in total. The van der Waals surface area contributed by atoms with E-state index in [1.807, 2.05) is 6.92 Å². The van der Waals surface area contributed by atoms with Gasteiger partial charge in [-0.3, -0.25) is 0 Å². The fourth-order valence-electron chi connectivity index (χ4n) is 3.33. The summed E-state index contributed by atoms with van der Waals surface area (Å²) in [7, 11) is 0. The van der Waals surface area contributed by atoms with Crippen LogP contribution in [-0.2, 0) is 25.4 Å². The van der Waals surface area contributed by atoms with Crippen LogP contribution in [0.2, 0.25) is 0 Å². The molecule has 0 atom stereocenters. The number of hydrogen-bond donors (Lipinski definition) is 0. The Morgan fingerprint density at radius 2 is 1.34 bits per heavy atom. The summed E-state index contributed by atoms with van der Waals surface area (Å²) >= 11 is 0. The van der Waals surface area contributed by atoms with E-state index in [0.29, 0.717) is 24.0 Å². The average Bonchev–Trinajstić information content (AvgIpc) is 2.73. The summed E-state index contributed by atoms with van der Waals surface area (Å²) in [6.07, 6.45) is -1.83. The Labute approximate surface area is 182 Å². The van der Waals surface area contributed by atoms with Gasteiger partial charge in [0.25, 0.3) is 0 Å². The minimum atomic E-state index is -3.85. The van der Waals surface area contributed by atoms with Crippen LogP contribution in [0.5, 0.6) is 5.75 Å². The highest BCUT2D eigenvalue weighted by atomic mass is 19.3. The van der Waals surface area contributed by atoms with E-state index in [9.17, 15) is 22.0 Å². The Hall–Kier alpha value is -3.40. The molecule has 7 heteroatoms. The standard InChI is InChI=1S/C25H20F5NO/c1-2-3-17-8-11-21(24(28)12-17)25(29,30)32-19-9-6-16(7-10-19)4-5-18-13-22(26)20(15-31)23(27)14-18/h6-14H,2-5H2,1H3. The van der Waals surface area contributed by atoms with Crippen molar-refractivity contribution < 1.29 is 26.7 Å². The van der Waals surface area contributed by atoms with Crippen LogP contribution in [-0.4, -0.2) is 0 Å². The Kier molecular flexibility index (Phi) is 7.14. The number of benzene rings is 3. The first kappa shape index (κ1) is 23.3. The number of ether oxygens (including phenoxy) is 1. The Balaban J connectivity index is 1.66. The number of nitriles is 1. The molecule has 0 spiro atoms. The van der Waals surface area contributed by atoms with Crippen LogP contribution in [0.4, 0.5) is 22.0 Å². The van der Waals surface area contributed by atoms with Gasteiger partial charge in [0, 0.05) is 0 Å². The molecule has 32 heavy (non-hydrogen) atoms. The quantitative estimate of drug-likeness (QED) is 0.356. The topological polar surface area (TPSA) is 33.0 Å². The van der Waals surface area contributed by atoms with Gasteiger partial charge in [-0.15, -0.1) is 0 Å². The van der Waals surface area contributed by atoms with Crippen molar-refractivity contribution >= 4 is 0 Å². The van der Waals surface area contributed by atoms with Crippen molar-refractivity contribution in [1.29, 1.82) is 5.26 Å². The fourth-order valence-corrected chi connectivity index (χ4v) is 3.33. The molecule has 0 aliphatic rings. The SMILES string of the molecule is CCCc1ccc(C(F)(F)Oc2ccc(CCc3cc(F)c(C#N)c(F)c3)cc2)c(F)c1. The second kappa shape index (κ2) is 9.82. The molecule has 0 amide bonds. The van der Waals surface area contributed by atoms with Gasteiger partial charge >= 0.3 is 6.11 Å². The lowest BCUT2D eigenvalue weighted by Crippen LogP contribution is -2.23. The molecule has 0 radical (unpaired) electrons. The van der Waals surface area contributed by atoms with E-state index in [-0.39, 0.29) is 12.2 Å². The molecule has 0 heterocycles. The van der Waals surface area contributed by atoms with Crippen LogP contribution < -0.4 is 4.74 Å². The lowest BCUT2D eigenvalue weighted by Gasteiger charge is -2.19. The molecule has 0 bridgehead atoms. The third-order valence-corrected chi connectivity index (χ3v) is 4.97. The van der Waals surface area contributed by atoms with E-state index in [1.165, 1.54) is 24.3 Å². The van der Waals surface area contributed by atoms with Gasteiger partial charge in [0.1, 0.15) is 34.8 Å². The molecule has 3 aromatic rings. The zero-order valence-electron chi connectivity index (χ0n) is 17.3. The molecule has 0 aromatic heterocycles. The van der Waals surface area contributed by atoms with Gasteiger partial charge in [-0.1, -0.05) is 31.5 Å². The van der Waals surface area contributed by atoms with Crippen molar-refractivity contribution in [2.45, 2.75) is 38.7 Å². The molecule has 3 rings (SSSR count). The van der Waals surface area contributed by atoms with Crippen molar-refractivity contribution in [2.75, 3.05) is 0 Å². The minimum Gasteiger partial charge on any atom is -0.429 e. The maximum Gasteiger partial charge on any atom is 0.429 e. The molecule has 0 saturated heterocycles. The summed E-state index contributed by atoms with van der Waals surface area (Å²) in [5.74, 6) is -3.03. The van der Waals surface area contributed by atoms with E-state index in [2.05, 4.69) is 0 Å². The van der Waals surface area contributed by atoms with Crippen molar-refractivity contribution in [2.24, 2.45) is 0 Å². The third kappa shape index (κ3) is 5.44. The predicted molar refractivity (Wildman–Crippen MR) is 110 cm³/mol. The molecule has 0 aliphatic heterocycles. The number of rotatable bonds is 8. The highest BCUT2D eigenvalue weighted by molar-refractivity contribution is 5.36. The molecule has 0 unspecified atom stereocenters. The highest BCUT2D eigenvalue weighted by Gasteiger charge is 2.37. The first-order valence-electron chi connectivity index (χ1n) is 10.1. The van der Waals surface area contributed by atoms with Gasteiger partial charge < -0.3 is 4.74 Å². The van der Waals surface area contributed by atoms with Gasteiger partial charge in [0.05, 0.1) is 5.56 Å². The summed E-state index contributed by atoms with van der Waals surface area (Å²) in [6, 6.07) is 13.0. The lowest BCUT2D eigenvalue weighted by atomic mass is 10.0. The number of nitrogens with zero attached hydrogens (tertiary/aromatic N) is 1. The smallest absolute Gasteiger partial charge is 0.429 e. The zero-order chi connectivity index (χ0) is 23.3.